The smallest absolute Gasteiger partial charge is 0.119 e. The van der Waals surface area contributed by atoms with Crippen LogP contribution in [0.25, 0.3) is 0 Å². The summed E-state index contributed by atoms with van der Waals surface area (Å²) in [5, 5.41) is 0. The molecular weight excluding hydrogens is 190 g/mol. The molecule has 3 heteroatoms. The summed E-state index contributed by atoms with van der Waals surface area (Å²) in [6, 6.07) is 8.27. The van der Waals surface area contributed by atoms with Gasteiger partial charge >= 0.3 is 0 Å². The van der Waals surface area contributed by atoms with Gasteiger partial charge in [0.05, 0.1) is 6.61 Å². The third kappa shape index (κ3) is 3.53. The Hall–Kier alpha value is -1.06. The van der Waals surface area contributed by atoms with Gasteiger partial charge in [-0.15, -0.1) is 0 Å². The zero-order valence-corrected chi connectivity index (χ0v) is 8.98. The number of rotatable bonds is 5. The van der Waals surface area contributed by atoms with Crippen LogP contribution in [0.15, 0.2) is 24.3 Å². The third-order valence-electron chi connectivity index (χ3n) is 2.29. The van der Waals surface area contributed by atoms with E-state index in [1.165, 1.54) is 5.56 Å². The molecule has 1 aliphatic rings. The van der Waals surface area contributed by atoms with E-state index in [0.717, 1.165) is 18.8 Å². The fourth-order valence-electron chi connectivity index (χ4n) is 1.49. The van der Waals surface area contributed by atoms with Crippen molar-refractivity contribution in [3.63, 3.8) is 0 Å². The van der Waals surface area contributed by atoms with Crippen LogP contribution < -0.4 is 10.5 Å². The van der Waals surface area contributed by atoms with Crippen molar-refractivity contribution < 1.29 is 9.47 Å². The van der Waals surface area contributed by atoms with Crippen molar-refractivity contribution in [2.75, 3.05) is 13.2 Å². The molecule has 0 saturated carbocycles. The predicted molar refractivity (Wildman–Crippen MR) is 59.0 cm³/mol. The van der Waals surface area contributed by atoms with E-state index in [2.05, 4.69) is 6.07 Å². The van der Waals surface area contributed by atoms with Crippen molar-refractivity contribution in [2.24, 2.45) is 5.73 Å². The molecule has 0 spiro atoms. The normalized spacial score (nSPS) is 21.1. The summed E-state index contributed by atoms with van der Waals surface area (Å²) < 4.78 is 10.7. The van der Waals surface area contributed by atoms with Crippen molar-refractivity contribution in [3.8, 4) is 5.75 Å². The van der Waals surface area contributed by atoms with Crippen molar-refractivity contribution in [3.05, 3.63) is 29.8 Å². The summed E-state index contributed by atoms with van der Waals surface area (Å²) in [4.78, 5) is 0. The summed E-state index contributed by atoms with van der Waals surface area (Å²) in [7, 11) is 0. The van der Waals surface area contributed by atoms with E-state index in [0.29, 0.717) is 12.7 Å². The predicted octanol–water partition coefficient (Wildman–Crippen LogP) is 1.35. The summed E-state index contributed by atoms with van der Waals surface area (Å²) in [6.07, 6.45) is 1.19. The standard InChI is InChI=1S/C12H17NO2/c1-9(13)5-10-3-2-4-11(6-10)14-7-12-8-15-12/h2-4,6,9,12H,5,7-8,13H2,1H3. The number of benzene rings is 1. The number of epoxide rings is 1. The molecule has 3 nitrogen and oxygen atoms in total. The largest absolute Gasteiger partial charge is 0.491 e. The van der Waals surface area contributed by atoms with Gasteiger partial charge in [0, 0.05) is 6.04 Å². The average molecular weight is 207 g/mol. The molecule has 1 aliphatic heterocycles. The average Bonchev–Trinajstić information content (AvgIpc) is 2.97. The first-order valence-electron chi connectivity index (χ1n) is 5.33. The maximum absolute atomic E-state index is 5.75. The quantitative estimate of drug-likeness (QED) is 0.741. The Kier molecular flexibility index (Phi) is 3.23. The van der Waals surface area contributed by atoms with E-state index < -0.39 is 0 Å². The van der Waals surface area contributed by atoms with E-state index in [4.69, 9.17) is 15.2 Å². The minimum atomic E-state index is 0.187. The maximum atomic E-state index is 5.75. The molecule has 1 aromatic carbocycles. The molecule has 0 radical (unpaired) electrons. The molecule has 82 valence electrons. The highest BCUT2D eigenvalue weighted by molar-refractivity contribution is 5.29. The molecular formula is C12H17NO2. The molecule has 2 N–H and O–H groups in total. The van der Waals surface area contributed by atoms with Gasteiger partial charge in [0.25, 0.3) is 0 Å². The van der Waals surface area contributed by atoms with Gasteiger partial charge in [0.2, 0.25) is 0 Å². The van der Waals surface area contributed by atoms with E-state index in [-0.39, 0.29) is 6.04 Å². The SMILES string of the molecule is CC(N)Cc1cccc(OCC2CO2)c1. The molecule has 0 aliphatic carbocycles. The second kappa shape index (κ2) is 4.64. The van der Waals surface area contributed by atoms with Crippen LogP contribution in [0.1, 0.15) is 12.5 Å². The van der Waals surface area contributed by atoms with Gasteiger partial charge in [-0.3, -0.25) is 0 Å². The zero-order valence-electron chi connectivity index (χ0n) is 8.98. The molecule has 1 heterocycles. The van der Waals surface area contributed by atoms with Crippen LogP contribution in [0, 0.1) is 0 Å². The van der Waals surface area contributed by atoms with Gasteiger partial charge in [0.1, 0.15) is 18.5 Å². The molecule has 2 rings (SSSR count). The van der Waals surface area contributed by atoms with E-state index in [1.54, 1.807) is 0 Å². The first-order chi connectivity index (χ1) is 7.24. The summed E-state index contributed by atoms with van der Waals surface area (Å²) >= 11 is 0. The van der Waals surface area contributed by atoms with Crippen LogP contribution in [0.5, 0.6) is 5.75 Å². The van der Waals surface area contributed by atoms with Gasteiger partial charge in [-0.25, -0.2) is 0 Å². The molecule has 1 aromatic rings. The third-order valence-corrected chi connectivity index (χ3v) is 2.29. The van der Waals surface area contributed by atoms with Crippen LogP contribution in [0.2, 0.25) is 0 Å². The summed E-state index contributed by atoms with van der Waals surface area (Å²) in [5.41, 5.74) is 6.97. The van der Waals surface area contributed by atoms with Crippen molar-refractivity contribution in [1.82, 2.24) is 0 Å². The fraction of sp³-hybridized carbons (Fsp3) is 0.500. The Morgan fingerprint density at radius 2 is 2.40 bits per heavy atom. The molecule has 0 amide bonds. The minimum Gasteiger partial charge on any atom is -0.491 e. The molecule has 15 heavy (non-hydrogen) atoms. The van der Waals surface area contributed by atoms with Gasteiger partial charge < -0.3 is 15.2 Å². The fourth-order valence-corrected chi connectivity index (χ4v) is 1.49. The molecule has 1 fully saturated rings. The lowest BCUT2D eigenvalue weighted by Gasteiger charge is -2.08. The van der Waals surface area contributed by atoms with Gasteiger partial charge in [-0.2, -0.15) is 0 Å². The van der Waals surface area contributed by atoms with Gasteiger partial charge in [-0.05, 0) is 31.0 Å². The van der Waals surface area contributed by atoms with Crippen molar-refractivity contribution >= 4 is 0 Å². The molecule has 2 unspecified atom stereocenters. The number of nitrogens with two attached hydrogens (primary N) is 1. The van der Waals surface area contributed by atoms with Crippen LogP contribution in [-0.2, 0) is 11.2 Å². The highest BCUT2D eigenvalue weighted by Crippen LogP contribution is 2.17. The summed E-state index contributed by atoms with van der Waals surface area (Å²) in [6.45, 7) is 3.49. The lowest BCUT2D eigenvalue weighted by molar-refractivity contribution is 0.263. The number of hydrogen-bond acceptors (Lipinski definition) is 3. The Labute approximate surface area is 90.2 Å². The van der Waals surface area contributed by atoms with Gasteiger partial charge in [0.15, 0.2) is 0 Å². The van der Waals surface area contributed by atoms with Crippen LogP contribution in [-0.4, -0.2) is 25.4 Å². The molecule has 2 atom stereocenters. The maximum Gasteiger partial charge on any atom is 0.119 e. The Morgan fingerprint density at radius 1 is 1.60 bits per heavy atom. The molecule has 0 bridgehead atoms. The highest BCUT2D eigenvalue weighted by Gasteiger charge is 2.22. The van der Waals surface area contributed by atoms with Crippen molar-refractivity contribution in [2.45, 2.75) is 25.5 Å². The van der Waals surface area contributed by atoms with Crippen LogP contribution in [0.3, 0.4) is 0 Å². The van der Waals surface area contributed by atoms with E-state index >= 15 is 0 Å². The van der Waals surface area contributed by atoms with E-state index in [9.17, 15) is 0 Å². The summed E-state index contributed by atoms with van der Waals surface area (Å²) in [5.74, 6) is 0.906. The topological polar surface area (TPSA) is 47.8 Å². The number of hydrogen-bond donors (Lipinski definition) is 1. The second-order valence-electron chi connectivity index (χ2n) is 4.10. The van der Waals surface area contributed by atoms with E-state index in [1.807, 2.05) is 25.1 Å². The first-order valence-corrected chi connectivity index (χ1v) is 5.33. The Bertz CT molecular complexity index is 321. The molecule has 0 aromatic heterocycles. The number of ether oxygens (including phenoxy) is 2. The highest BCUT2D eigenvalue weighted by atomic mass is 16.6. The lowest BCUT2D eigenvalue weighted by atomic mass is 10.1. The lowest BCUT2D eigenvalue weighted by Crippen LogP contribution is -2.17. The van der Waals surface area contributed by atoms with Gasteiger partial charge in [-0.1, -0.05) is 12.1 Å². The monoisotopic (exact) mass is 207 g/mol. The zero-order chi connectivity index (χ0) is 10.7. The second-order valence-corrected chi connectivity index (χ2v) is 4.10. The Morgan fingerprint density at radius 3 is 3.07 bits per heavy atom. The first kappa shape index (κ1) is 10.5. The van der Waals surface area contributed by atoms with Crippen molar-refractivity contribution in [1.29, 1.82) is 0 Å². The minimum absolute atomic E-state index is 0.187. The molecule has 1 saturated heterocycles. The van der Waals surface area contributed by atoms with Crippen LogP contribution in [0.4, 0.5) is 0 Å². The van der Waals surface area contributed by atoms with Crippen LogP contribution >= 0.6 is 0 Å². The Balaban J connectivity index is 1.91.